The molecule has 1 aromatic rings. The van der Waals surface area contributed by atoms with E-state index < -0.39 is 11.2 Å². The Morgan fingerprint density at radius 1 is 1.00 bits per heavy atom. The number of carbonyl (C=O) groups excluding carboxylic acids is 1. The molecule has 3 nitrogen and oxygen atoms in total. The molecule has 1 saturated heterocycles. The molecule has 1 aromatic carbocycles. The van der Waals surface area contributed by atoms with Gasteiger partial charge in [0, 0.05) is 0 Å². The zero-order chi connectivity index (χ0) is 16.6. The van der Waals surface area contributed by atoms with Crippen LogP contribution in [0.4, 0.5) is 0 Å². The number of epoxide rings is 1. The van der Waals surface area contributed by atoms with Gasteiger partial charge >= 0.3 is 5.97 Å². The zero-order valence-electron chi connectivity index (χ0n) is 14.7. The molecule has 0 bridgehead atoms. The van der Waals surface area contributed by atoms with Crippen LogP contribution in [-0.4, -0.2) is 17.7 Å². The molecular formula is C21H28O3. The lowest BCUT2D eigenvalue weighted by Crippen LogP contribution is -2.37. The second kappa shape index (κ2) is 6.18. The highest BCUT2D eigenvalue weighted by atomic mass is 16.7. The van der Waals surface area contributed by atoms with E-state index in [9.17, 15) is 4.79 Å². The number of fused-ring (bicyclic) bond motifs is 1. The molecule has 130 valence electrons. The van der Waals surface area contributed by atoms with Crippen molar-refractivity contribution in [3.05, 3.63) is 35.4 Å². The van der Waals surface area contributed by atoms with Crippen LogP contribution in [0.3, 0.4) is 0 Å². The summed E-state index contributed by atoms with van der Waals surface area (Å²) >= 11 is 0. The predicted octanol–water partition coefficient (Wildman–Crippen LogP) is 4.80. The Bertz CT molecular complexity index is 602. The Hall–Kier alpha value is -1.35. The highest BCUT2D eigenvalue weighted by molar-refractivity contribution is 5.85. The number of hydrogen-bond donors (Lipinski definition) is 0. The van der Waals surface area contributed by atoms with Crippen molar-refractivity contribution < 1.29 is 14.3 Å². The number of carbonyl (C=O) groups is 1. The third-order valence-corrected chi connectivity index (χ3v) is 6.19. The molecule has 3 heteroatoms. The first kappa shape index (κ1) is 16.1. The molecule has 3 fully saturated rings. The molecule has 24 heavy (non-hydrogen) atoms. The minimum atomic E-state index is -0.726. The Morgan fingerprint density at radius 2 is 1.67 bits per heavy atom. The van der Waals surface area contributed by atoms with Crippen LogP contribution in [0, 0.1) is 6.92 Å². The van der Waals surface area contributed by atoms with Crippen LogP contribution in [0.2, 0.25) is 0 Å². The Morgan fingerprint density at radius 3 is 2.42 bits per heavy atom. The summed E-state index contributed by atoms with van der Waals surface area (Å²) in [5.41, 5.74) is 1.22. The van der Waals surface area contributed by atoms with Gasteiger partial charge in [-0.3, -0.25) is 0 Å². The average Bonchev–Trinajstić information content (AvgIpc) is 3.28. The van der Waals surface area contributed by atoms with E-state index >= 15 is 0 Å². The first-order valence-corrected chi connectivity index (χ1v) is 9.65. The molecule has 2 aliphatic carbocycles. The predicted molar refractivity (Wildman–Crippen MR) is 92.7 cm³/mol. The molecule has 4 rings (SSSR count). The van der Waals surface area contributed by atoms with Gasteiger partial charge in [0.1, 0.15) is 11.7 Å². The van der Waals surface area contributed by atoms with Gasteiger partial charge in [-0.15, -0.1) is 0 Å². The van der Waals surface area contributed by atoms with Gasteiger partial charge in [-0.1, -0.05) is 49.1 Å². The first-order chi connectivity index (χ1) is 11.7. The molecule has 2 unspecified atom stereocenters. The zero-order valence-corrected chi connectivity index (χ0v) is 14.7. The summed E-state index contributed by atoms with van der Waals surface area (Å²) in [5, 5.41) is 0. The largest absolute Gasteiger partial charge is 0.460 e. The molecule has 1 aliphatic heterocycles. The lowest BCUT2D eigenvalue weighted by Gasteiger charge is -2.25. The summed E-state index contributed by atoms with van der Waals surface area (Å²) in [7, 11) is 0. The van der Waals surface area contributed by atoms with Crippen molar-refractivity contribution in [2.24, 2.45) is 0 Å². The van der Waals surface area contributed by atoms with Crippen LogP contribution in [0.5, 0.6) is 0 Å². The van der Waals surface area contributed by atoms with E-state index in [-0.39, 0.29) is 12.1 Å². The number of hydrogen-bond acceptors (Lipinski definition) is 3. The van der Waals surface area contributed by atoms with Crippen LogP contribution < -0.4 is 0 Å². The van der Waals surface area contributed by atoms with Crippen molar-refractivity contribution in [1.29, 1.82) is 0 Å². The van der Waals surface area contributed by atoms with E-state index in [4.69, 9.17) is 9.47 Å². The van der Waals surface area contributed by atoms with Gasteiger partial charge in [-0.05, 0) is 57.4 Å². The Balaban J connectivity index is 1.59. The minimum absolute atomic E-state index is 0.100. The van der Waals surface area contributed by atoms with Gasteiger partial charge in [-0.25, -0.2) is 4.79 Å². The van der Waals surface area contributed by atoms with Crippen LogP contribution in [-0.2, 0) is 19.9 Å². The topological polar surface area (TPSA) is 38.8 Å². The summed E-state index contributed by atoms with van der Waals surface area (Å²) in [4.78, 5) is 13.1. The van der Waals surface area contributed by atoms with Crippen molar-refractivity contribution >= 4 is 5.97 Å². The lowest BCUT2D eigenvalue weighted by molar-refractivity contribution is -0.157. The molecular weight excluding hydrogens is 300 g/mol. The van der Waals surface area contributed by atoms with E-state index in [0.29, 0.717) is 0 Å². The smallest absolute Gasteiger partial charge is 0.342 e. The quantitative estimate of drug-likeness (QED) is 0.591. The summed E-state index contributed by atoms with van der Waals surface area (Å²) in [6, 6.07) is 8.51. The second-order valence-electron chi connectivity index (χ2n) is 7.85. The van der Waals surface area contributed by atoms with E-state index in [1.807, 2.05) is 0 Å². The first-order valence-electron chi connectivity index (χ1n) is 9.65. The van der Waals surface area contributed by atoms with Gasteiger partial charge < -0.3 is 9.47 Å². The average molecular weight is 328 g/mol. The summed E-state index contributed by atoms with van der Waals surface area (Å²) < 4.78 is 12.2. The SMILES string of the molecule is Cc1ccc(C23CCCCCC2(C(=O)OC2CCCCC2)O3)cc1. The van der Waals surface area contributed by atoms with Crippen molar-refractivity contribution in [1.82, 2.24) is 0 Å². The second-order valence-corrected chi connectivity index (χ2v) is 7.85. The fraction of sp³-hybridized carbons (Fsp3) is 0.667. The maximum absolute atomic E-state index is 13.1. The van der Waals surface area contributed by atoms with Crippen LogP contribution in [0.25, 0.3) is 0 Å². The Labute approximate surface area is 144 Å². The van der Waals surface area contributed by atoms with Gasteiger partial charge in [0.2, 0.25) is 0 Å². The van der Waals surface area contributed by atoms with Gasteiger partial charge in [0.25, 0.3) is 0 Å². The molecule has 0 amide bonds. The number of esters is 1. The van der Waals surface area contributed by atoms with Crippen molar-refractivity contribution in [2.45, 2.75) is 88.4 Å². The number of rotatable bonds is 3. The summed E-state index contributed by atoms with van der Waals surface area (Å²) in [6.07, 6.45) is 10.8. The number of benzene rings is 1. The van der Waals surface area contributed by atoms with E-state index in [1.54, 1.807) is 0 Å². The minimum Gasteiger partial charge on any atom is -0.460 e. The highest BCUT2D eigenvalue weighted by Gasteiger charge is 2.75. The summed E-state index contributed by atoms with van der Waals surface area (Å²) in [5.74, 6) is -0.100. The number of aryl methyl sites for hydroxylation is 1. The van der Waals surface area contributed by atoms with Crippen LogP contribution in [0.15, 0.2) is 24.3 Å². The Kier molecular flexibility index (Phi) is 4.16. The lowest BCUT2D eigenvalue weighted by atomic mass is 9.82. The highest BCUT2D eigenvalue weighted by Crippen LogP contribution is 2.63. The molecule has 3 aliphatic rings. The van der Waals surface area contributed by atoms with E-state index in [0.717, 1.165) is 44.1 Å². The van der Waals surface area contributed by atoms with Gasteiger partial charge in [0.15, 0.2) is 5.60 Å². The maximum atomic E-state index is 13.1. The van der Waals surface area contributed by atoms with E-state index in [2.05, 4.69) is 31.2 Å². The summed E-state index contributed by atoms with van der Waals surface area (Å²) in [6.45, 7) is 2.09. The fourth-order valence-corrected chi connectivity index (χ4v) is 4.70. The van der Waals surface area contributed by atoms with Crippen LogP contribution in [0.1, 0.15) is 75.3 Å². The molecule has 0 aromatic heterocycles. The van der Waals surface area contributed by atoms with Crippen molar-refractivity contribution in [3.63, 3.8) is 0 Å². The normalized spacial score (nSPS) is 33.4. The molecule has 1 heterocycles. The molecule has 2 saturated carbocycles. The molecule has 2 atom stereocenters. The third kappa shape index (κ3) is 2.57. The third-order valence-electron chi connectivity index (χ3n) is 6.19. The monoisotopic (exact) mass is 328 g/mol. The molecule has 0 spiro atoms. The van der Waals surface area contributed by atoms with Crippen molar-refractivity contribution in [2.75, 3.05) is 0 Å². The standard InChI is InChI=1S/C21H28O3/c1-16-10-12-17(13-11-16)20-14-6-3-7-15-21(20,24-20)19(22)23-18-8-4-2-5-9-18/h10-13,18H,2-9,14-15H2,1H3. The number of ether oxygens (including phenoxy) is 2. The van der Waals surface area contributed by atoms with Crippen molar-refractivity contribution in [3.8, 4) is 0 Å². The fourth-order valence-electron chi connectivity index (χ4n) is 4.70. The van der Waals surface area contributed by atoms with E-state index in [1.165, 1.54) is 31.2 Å². The molecule has 0 radical (unpaired) electrons. The maximum Gasteiger partial charge on any atom is 0.342 e. The van der Waals surface area contributed by atoms with Gasteiger partial charge in [0.05, 0.1) is 0 Å². The molecule has 0 N–H and O–H groups in total. The van der Waals surface area contributed by atoms with Crippen LogP contribution >= 0.6 is 0 Å². The van der Waals surface area contributed by atoms with Gasteiger partial charge in [-0.2, -0.15) is 0 Å².